The van der Waals surface area contributed by atoms with Crippen molar-refractivity contribution in [3.8, 4) is 0 Å². The van der Waals surface area contributed by atoms with Crippen LogP contribution in [0, 0.1) is 0 Å². The Balaban J connectivity index is 1.55. The minimum Gasteiger partial charge on any atom is -0.398 e. The van der Waals surface area contributed by atoms with Crippen LogP contribution >= 0.6 is 0 Å². The molecule has 4 aromatic carbocycles. The fourth-order valence-electron chi connectivity index (χ4n) is 4.08. The molecule has 132 valence electrons. The van der Waals surface area contributed by atoms with E-state index in [1.807, 2.05) is 36.4 Å². The summed E-state index contributed by atoms with van der Waals surface area (Å²) in [4.78, 5) is 4.69. The Morgan fingerprint density at radius 1 is 0.852 bits per heavy atom. The molecule has 27 heavy (non-hydrogen) atoms. The number of rotatable bonds is 2. The van der Waals surface area contributed by atoms with Crippen LogP contribution in [0.5, 0.6) is 0 Å². The van der Waals surface area contributed by atoms with E-state index < -0.39 is 0 Å². The van der Waals surface area contributed by atoms with Crippen molar-refractivity contribution in [2.75, 3.05) is 11.1 Å². The highest BCUT2D eigenvalue weighted by molar-refractivity contribution is 6.07. The first-order valence-electron chi connectivity index (χ1n) is 9.12. The molecule has 5 rings (SSSR count). The summed E-state index contributed by atoms with van der Waals surface area (Å²) in [6.45, 7) is 0. The molecule has 4 aromatic rings. The van der Waals surface area contributed by atoms with Gasteiger partial charge in [0.15, 0.2) is 5.96 Å². The molecule has 0 spiro atoms. The number of fused-ring (bicyclic) bond motifs is 1. The molecule has 4 nitrogen and oxygen atoms in total. The summed E-state index contributed by atoms with van der Waals surface area (Å²) in [6, 6.07) is 22.5. The predicted molar refractivity (Wildman–Crippen MR) is 115 cm³/mol. The maximum Gasteiger partial charge on any atom is 0.198 e. The number of aliphatic imine (C=N–C) groups is 1. The molecule has 0 fully saturated rings. The Hall–Kier alpha value is -3.53. The average Bonchev–Trinajstić information content (AvgIpc) is 3.13. The van der Waals surface area contributed by atoms with E-state index in [1.165, 1.54) is 21.9 Å². The molecule has 0 radical (unpaired) electrons. The molecule has 0 unspecified atom stereocenters. The van der Waals surface area contributed by atoms with Crippen molar-refractivity contribution in [1.82, 2.24) is 0 Å². The number of nitrogens with two attached hydrogens (primary N) is 2. The zero-order chi connectivity index (χ0) is 18.4. The smallest absolute Gasteiger partial charge is 0.198 e. The van der Waals surface area contributed by atoms with Crippen LogP contribution in [0.3, 0.4) is 0 Å². The van der Waals surface area contributed by atoms with Gasteiger partial charge in [-0.1, -0.05) is 48.5 Å². The second-order valence-electron chi connectivity index (χ2n) is 6.95. The van der Waals surface area contributed by atoms with E-state index in [2.05, 4.69) is 40.6 Å². The van der Waals surface area contributed by atoms with Crippen molar-refractivity contribution < 1.29 is 0 Å². The van der Waals surface area contributed by atoms with Gasteiger partial charge in [-0.15, -0.1) is 0 Å². The van der Waals surface area contributed by atoms with Crippen molar-refractivity contribution in [3.05, 3.63) is 77.9 Å². The molecule has 0 saturated carbocycles. The van der Waals surface area contributed by atoms with Crippen LogP contribution in [0.1, 0.15) is 11.1 Å². The summed E-state index contributed by atoms with van der Waals surface area (Å²) in [5, 5.41) is 7.89. The van der Waals surface area contributed by atoms with Crippen molar-refractivity contribution in [3.63, 3.8) is 0 Å². The van der Waals surface area contributed by atoms with Gasteiger partial charge < -0.3 is 16.8 Å². The maximum absolute atomic E-state index is 6.26. The lowest BCUT2D eigenvalue weighted by atomic mass is 10.0. The number of nitrogens with zero attached hydrogens (tertiary/aromatic N) is 1. The molecule has 0 amide bonds. The third-order valence-electron chi connectivity index (χ3n) is 5.32. The number of anilines is 2. The van der Waals surface area contributed by atoms with Gasteiger partial charge in [0.2, 0.25) is 0 Å². The summed E-state index contributed by atoms with van der Waals surface area (Å²) in [5.41, 5.74) is 17.6. The third-order valence-corrected chi connectivity index (χ3v) is 5.32. The molecular formula is C23H20N4. The Labute approximate surface area is 157 Å². The van der Waals surface area contributed by atoms with Gasteiger partial charge in [-0.05, 0) is 52.9 Å². The second kappa shape index (κ2) is 6.02. The van der Waals surface area contributed by atoms with Crippen LogP contribution in [0.25, 0.3) is 21.5 Å². The Morgan fingerprint density at radius 2 is 1.70 bits per heavy atom. The molecule has 0 bridgehead atoms. The number of guanidine groups is 1. The fourth-order valence-corrected chi connectivity index (χ4v) is 4.08. The van der Waals surface area contributed by atoms with Gasteiger partial charge in [0.1, 0.15) is 0 Å². The average molecular weight is 352 g/mol. The van der Waals surface area contributed by atoms with E-state index in [0.29, 0.717) is 5.96 Å². The van der Waals surface area contributed by atoms with E-state index in [1.54, 1.807) is 0 Å². The Bertz CT molecular complexity index is 1220. The van der Waals surface area contributed by atoms with Crippen LogP contribution in [-0.2, 0) is 12.8 Å². The number of nitrogens with one attached hydrogen (secondary N) is 1. The number of benzene rings is 4. The fraction of sp³-hybridized carbons (Fsp3) is 0.0870. The van der Waals surface area contributed by atoms with Crippen LogP contribution in [0.2, 0.25) is 0 Å². The Morgan fingerprint density at radius 3 is 2.59 bits per heavy atom. The minimum absolute atomic E-state index is 0.380. The first kappa shape index (κ1) is 15.7. The van der Waals surface area contributed by atoms with Gasteiger partial charge in [0.05, 0.1) is 5.69 Å². The van der Waals surface area contributed by atoms with Gasteiger partial charge in [-0.2, -0.15) is 0 Å². The first-order chi connectivity index (χ1) is 13.2. The van der Waals surface area contributed by atoms with Crippen molar-refractivity contribution in [1.29, 1.82) is 0 Å². The molecule has 0 aliphatic heterocycles. The lowest BCUT2D eigenvalue weighted by Crippen LogP contribution is -2.22. The lowest BCUT2D eigenvalue weighted by molar-refractivity contribution is 1.02. The molecule has 5 N–H and O–H groups in total. The van der Waals surface area contributed by atoms with Crippen LogP contribution < -0.4 is 16.8 Å². The number of hydrogen-bond donors (Lipinski definition) is 3. The molecule has 0 aromatic heterocycles. The first-order valence-corrected chi connectivity index (χ1v) is 9.12. The molecule has 1 aliphatic rings. The summed E-state index contributed by atoms with van der Waals surface area (Å²) in [6.07, 6.45) is 2.07. The molecular weight excluding hydrogens is 332 g/mol. The van der Waals surface area contributed by atoms with E-state index >= 15 is 0 Å². The molecule has 4 heteroatoms. The van der Waals surface area contributed by atoms with Crippen LogP contribution in [-0.4, -0.2) is 5.96 Å². The topological polar surface area (TPSA) is 76.4 Å². The third kappa shape index (κ3) is 2.57. The van der Waals surface area contributed by atoms with Crippen LogP contribution in [0.15, 0.2) is 71.7 Å². The largest absolute Gasteiger partial charge is 0.398 e. The molecule has 1 aliphatic carbocycles. The van der Waals surface area contributed by atoms with Crippen molar-refractivity contribution >= 4 is 44.6 Å². The quantitative estimate of drug-likeness (QED) is 0.277. The van der Waals surface area contributed by atoms with Crippen molar-refractivity contribution in [2.24, 2.45) is 10.7 Å². The molecule has 0 heterocycles. The zero-order valence-electron chi connectivity index (χ0n) is 14.9. The van der Waals surface area contributed by atoms with E-state index in [-0.39, 0.29) is 0 Å². The summed E-state index contributed by atoms with van der Waals surface area (Å²) in [5.74, 6) is 0.380. The highest BCUT2D eigenvalue weighted by Crippen LogP contribution is 2.37. The number of hydrogen-bond acceptors (Lipinski definition) is 2. The predicted octanol–water partition coefficient (Wildman–Crippen LogP) is 4.73. The highest BCUT2D eigenvalue weighted by atomic mass is 15.1. The van der Waals surface area contributed by atoms with Gasteiger partial charge in [-0.25, -0.2) is 4.99 Å². The molecule has 0 atom stereocenters. The number of nitrogen functional groups attached to an aromatic ring is 1. The van der Waals surface area contributed by atoms with Gasteiger partial charge >= 0.3 is 0 Å². The van der Waals surface area contributed by atoms with Gasteiger partial charge in [0.25, 0.3) is 0 Å². The summed E-state index contributed by atoms with van der Waals surface area (Å²) in [7, 11) is 0. The van der Waals surface area contributed by atoms with E-state index in [0.717, 1.165) is 40.7 Å². The van der Waals surface area contributed by atoms with Crippen LogP contribution in [0.4, 0.5) is 17.1 Å². The lowest BCUT2D eigenvalue weighted by Gasteiger charge is -2.12. The normalized spacial score (nSPS) is 13.4. The second-order valence-corrected chi connectivity index (χ2v) is 6.95. The standard InChI is InChI=1S/C23H20N4/c24-19-11-13-20(17-7-2-1-6-16(17)19)26-23(25)27-21-12-9-15-5-3-4-14-8-10-18(21)22(14)15/h1-7,9,11-13H,8,10,24H2,(H3,25,26,27). The maximum atomic E-state index is 6.26. The van der Waals surface area contributed by atoms with Crippen molar-refractivity contribution in [2.45, 2.75) is 12.8 Å². The summed E-state index contributed by atoms with van der Waals surface area (Å²) >= 11 is 0. The zero-order valence-corrected chi connectivity index (χ0v) is 14.9. The highest BCUT2D eigenvalue weighted by Gasteiger charge is 2.17. The SMILES string of the molecule is NC(=Nc1ccc2cccc3c2c1CC3)Nc1ccc(N)c2ccccc12. The van der Waals surface area contributed by atoms with Gasteiger partial charge in [-0.3, -0.25) is 0 Å². The van der Waals surface area contributed by atoms with E-state index in [4.69, 9.17) is 11.5 Å². The Kier molecular flexibility index (Phi) is 3.50. The van der Waals surface area contributed by atoms with E-state index in [9.17, 15) is 0 Å². The van der Waals surface area contributed by atoms with Gasteiger partial charge in [0, 0.05) is 22.1 Å². The minimum atomic E-state index is 0.380. The number of aryl methyl sites for hydroxylation is 2. The molecule has 0 saturated heterocycles. The monoisotopic (exact) mass is 352 g/mol. The summed E-state index contributed by atoms with van der Waals surface area (Å²) < 4.78 is 0.